The normalized spacial score (nSPS) is 12.1. The molecule has 0 fully saturated rings. The summed E-state index contributed by atoms with van der Waals surface area (Å²) in [6.45, 7) is 1.77. The van der Waals surface area contributed by atoms with Gasteiger partial charge in [-0.2, -0.15) is 0 Å². The predicted molar refractivity (Wildman–Crippen MR) is 64.6 cm³/mol. The largest absolute Gasteiger partial charge is 0.493 e. The maximum Gasteiger partial charge on any atom is 0.337 e. The van der Waals surface area contributed by atoms with Crippen molar-refractivity contribution in [3.8, 4) is 11.5 Å². The number of aliphatic hydroxyl groups excluding tert-OH is 1. The number of halogens is 1. The van der Waals surface area contributed by atoms with E-state index >= 15 is 0 Å². The zero-order valence-electron chi connectivity index (χ0n) is 9.65. The number of carboxylic acid groups (broad SMARTS) is 1. The number of carboxylic acids is 1. The molecule has 5 nitrogen and oxygen atoms in total. The molecular formula is C11H13BrO5. The summed E-state index contributed by atoms with van der Waals surface area (Å²) in [5, 5.41) is 18.5. The van der Waals surface area contributed by atoms with E-state index in [4.69, 9.17) is 14.6 Å². The van der Waals surface area contributed by atoms with Gasteiger partial charge in [0.1, 0.15) is 0 Å². The van der Waals surface area contributed by atoms with Crippen LogP contribution in [0.4, 0.5) is 0 Å². The Morgan fingerprint density at radius 2 is 2.00 bits per heavy atom. The standard InChI is InChI=1S/C11H13BrO5/c1-5-4-6(16-2)10(17-3)7(8(5)12)9(13)11(14)15/h4,9,13H,1-3H3,(H,14,15). The first-order chi connectivity index (χ1) is 7.93. The number of carbonyl (C=O) groups is 1. The highest BCUT2D eigenvalue weighted by Gasteiger charge is 2.27. The van der Waals surface area contributed by atoms with Gasteiger partial charge in [-0.25, -0.2) is 4.79 Å². The third-order valence-corrected chi connectivity index (χ3v) is 3.38. The van der Waals surface area contributed by atoms with E-state index in [9.17, 15) is 9.90 Å². The number of aryl methyl sites for hydroxylation is 1. The van der Waals surface area contributed by atoms with Crippen LogP contribution < -0.4 is 9.47 Å². The van der Waals surface area contributed by atoms with Crippen molar-refractivity contribution in [3.05, 3.63) is 21.7 Å². The van der Waals surface area contributed by atoms with Crippen LogP contribution in [0.5, 0.6) is 11.5 Å². The van der Waals surface area contributed by atoms with Crippen molar-refractivity contribution in [1.82, 2.24) is 0 Å². The minimum Gasteiger partial charge on any atom is -0.493 e. The Morgan fingerprint density at radius 3 is 2.41 bits per heavy atom. The van der Waals surface area contributed by atoms with E-state index < -0.39 is 12.1 Å². The topological polar surface area (TPSA) is 76.0 Å². The van der Waals surface area contributed by atoms with Crippen LogP contribution in [0.3, 0.4) is 0 Å². The highest BCUT2D eigenvalue weighted by atomic mass is 79.9. The number of methoxy groups -OCH3 is 2. The Hall–Kier alpha value is -1.27. The molecule has 2 N–H and O–H groups in total. The van der Waals surface area contributed by atoms with Gasteiger partial charge in [0.15, 0.2) is 17.6 Å². The quantitative estimate of drug-likeness (QED) is 0.888. The summed E-state index contributed by atoms with van der Waals surface area (Å²) in [5.74, 6) is -0.764. The van der Waals surface area contributed by atoms with Crippen molar-refractivity contribution in [2.75, 3.05) is 14.2 Å². The van der Waals surface area contributed by atoms with Gasteiger partial charge in [-0.1, -0.05) is 0 Å². The van der Waals surface area contributed by atoms with E-state index in [2.05, 4.69) is 15.9 Å². The van der Waals surface area contributed by atoms with E-state index in [0.717, 1.165) is 5.56 Å². The Balaban J connectivity index is 3.53. The van der Waals surface area contributed by atoms with Crippen molar-refractivity contribution in [2.24, 2.45) is 0 Å². The Kier molecular flexibility index (Phi) is 4.36. The van der Waals surface area contributed by atoms with Crippen LogP contribution in [0.25, 0.3) is 0 Å². The molecule has 0 amide bonds. The van der Waals surface area contributed by atoms with Gasteiger partial charge in [0.05, 0.1) is 19.8 Å². The summed E-state index contributed by atoms with van der Waals surface area (Å²) in [7, 11) is 2.83. The second-order valence-electron chi connectivity index (χ2n) is 3.40. The third kappa shape index (κ3) is 2.53. The lowest BCUT2D eigenvalue weighted by Gasteiger charge is -2.18. The van der Waals surface area contributed by atoms with Crippen LogP contribution in [0.15, 0.2) is 10.5 Å². The average Bonchev–Trinajstić information content (AvgIpc) is 2.30. The molecule has 0 saturated carbocycles. The molecule has 6 heteroatoms. The minimum atomic E-state index is -1.67. The van der Waals surface area contributed by atoms with Gasteiger partial charge in [-0.3, -0.25) is 0 Å². The molecule has 1 rings (SSSR count). The van der Waals surface area contributed by atoms with Gasteiger partial charge >= 0.3 is 5.97 Å². The number of aliphatic carboxylic acids is 1. The summed E-state index contributed by atoms with van der Waals surface area (Å²) in [6, 6.07) is 1.70. The molecule has 0 saturated heterocycles. The van der Waals surface area contributed by atoms with Crippen molar-refractivity contribution in [2.45, 2.75) is 13.0 Å². The summed E-state index contributed by atoms with van der Waals surface area (Å²) in [4.78, 5) is 10.9. The number of rotatable bonds is 4. The average molecular weight is 305 g/mol. The minimum absolute atomic E-state index is 0.150. The molecule has 94 valence electrons. The molecule has 0 aliphatic carbocycles. The third-order valence-electron chi connectivity index (χ3n) is 2.33. The second-order valence-corrected chi connectivity index (χ2v) is 4.19. The highest BCUT2D eigenvalue weighted by molar-refractivity contribution is 9.10. The number of hydrogen-bond donors (Lipinski definition) is 2. The predicted octanol–water partition coefficient (Wildman–Crippen LogP) is 1.89. The molecule has 0 aliphatic rings. The van der Waals surface area contributed by atoms with E-state index in [0.29, 0.717) is 10.2 Å². The summed E-state index contributed by atoms with van der Waals surface area (Å²) in [6.07, 6.45) is -1.67. The van der Waals surface area contributed by atoms with Gasteiger partial charge in [-0.15, -0.1) is 0 Å². The van der Waals surface area contributed by atoms with Gasteiger partial charge in [-0.05, 0) is 34.5 Å². The van der Waals surface area contributed by atoms with Crippen molar-refractivity contribution in [1.29, 1.82) is 0 Å². The van der Waals surface area contributed by atoms with Crippen molar-refractivity contribution >= 4 is 21.9 Å². The summed E-state index contributed by atoms with van der Waals surface area (Å²) >= 11 is 3.25. The molecule has 0 bridgehead atoms. The molecule has 0 aliphatic heterocycles. The number of aliphatic hydroxyl groups is 1. The number of ether oxygens (including phenoxy) is 2. The van der Waals surface area contributed by atoms with Crippen LogP contribution >= 0.6 is 15.9 Å². The highest BCUT2D eigenvalue weighted by Crippen LogP contribution is 2.41. The first-order valence-corrected chi connectivity index (χ1v) is 5.55. The van der Waals surface area contributed by atoms with E-state index in [1.165, 1.54) is 14.2 Å². The molecule has 0 radical (unpaired) electrons. The SMILES string of the molecule is COc1cc(C)c(Br)c(C(O)C(=O)O)c1OC. The van der Waals surface area contributed by atoms with Crippen LogP contribution in [-0.2, 0) is 4.79 Å². The smallest absolute Gasteiger partial charge is 0.337 e. The number of benzene rings is 1. The molecule has 1 aromatic carbocycles. The Labute approximate surface area is 107 Å². The first-order valence-electron chi connectivity index (χ1n) is 4.75. The first kappa shape index (κ1) is 13.8. The van der Waals surface area contributed by atoms with E-state index in [-0.39, 0.29) is 11.3 Å². The van der Waals surface area contributed by atoms with Crippen LogP contribution in [0.1, 0.15) is 17.2 Å². The Morgan fingerprint density at radius 1 is 1.41 bits per heavy atom. The Bertz CT molecular complexity index is 444. The fourth-order valence-corrected chi connectivity index (χ4v) is 2.01. The van der Waals surface area contributed by atoms with Crippen LogP contribution in [-0.4, -0.2) is 30.4 Å². The molecule has 1 unspecified atom stereocenters. The van der Waals surface area contributed by atoms with Crippen molar-refractivity contribution < 1.29 is 24.5 Å². The summed E-state index contributed by atoms with van der Waals surface area (Å²) < 4.78 is 10.7. The molecule has 1 aromatic rings. The molecule has 1 atom stereocenters. The molecule has 0 heterocycles. The van der Waals surface area contributed by atoms with E-state index in [1.54, 1.807) is 13.0 Å². The molecular weight excluding hydrogens is 292 g/mol. The zero-order chi connectivity index (χ0) is 13.2. The van der Waals surface area contributed by atoms with Crippen LogP contribution in [0, 0.1) is 6.92 Å². The van der Waals surface area contributed by atoms with Gasteiger partial charge in [0, 0.05) is 4.47 Å². The molecule has 0 spiro atoms. The monoisotopic (exact) mass is 304 g/mol. The fourth-order valence-electron chi connectivity index (χ4n) is 1.50. The van der Waals surface area contributed by atoms with Crippen LogP contribution in [0.2, 0.25) is 0 Å². The van der Waals surface area contributed by atoms with Gasteiger partial charge in [0.25, 0.3) is 0 Å². The molecule has 17 heavy (non-hydrogen) atoms. The summed E-state index contributed by atoms with van der Waals surface area (Å²) in [5.41, 5.74) is 0.898. The number of hydrogen-bond acceptors (Lipinski definition) is 4. The maximum absolute atomic E-state index is 10.9. The maximum atomic E-state index is 10.9. The van der Waals surface area contributed by atoms with Gasteiger partial charge < -0.3 is 19.7 Å². The lowest BCUT2D eigenvalue weighted by Crippen LogP contribution is -2.13. The zero-order valence-corrected chi connectivity index (χ0v) is 11.2. The lowest BCUT2D eigenvalue weighted by molar-refractivity contribution is -0.147. The lowest BCUT2D eigenvalue weighted by atomic mass is 10.0. The van der Waals surface area contributed by atoms with E-state index in [1.807, 2.05) is 0 Å². The fraction of sp³-hybridized carbons (Fsp3) is 0.364. The van der Waals surface area contributed by atoms with Crippen molar-refractivity contribution in [3.63, 3.8) is 0 Å². The van der Waals surface area contributed by atoms with Gasteiger partial charge in [0.2, 0.25) is 0 Å². The molecule has 0 aromatic heterocycles. The second kappa shape index (κ2) is 5.37.